The SMILES string of the molecule is C1CCC(P(C2CCCCC2)C2CCCCC2)CC1.Cc1cc(C)c(N2CCN(c3c(C)cc(C)cc3C)[C]2=[Ru]([Cl])([Cl])=[C]2C(c3ccccc3)=Cc3ccccc32)c(C)c1. The summed E-state index contributed by atoms with van der Waals surface area (Å²) < 4.78 is 2.16. The maximum absolute atomic E-state index is 8.02. The van der Waals surface area contributed by atoms with Gasteiger partial charge in [0.25, 0.3) is 0 Å². The second kappa shape index (κ2) is 19.5. The molecule has 0 amide bonds. The van der Waals surface area contributed by atoms with Crippen molar-refractivity contribution in [2.24, 2.45) is 0 Å². The van der Waals surface area contributed by atoms with Gasteiger partial charge < -0.3 is 0 Å². The normalized spacial score (nSPS) is 19.7. The molecule has 0 radical (unpaired) electrons. The van der Waals surface area contributed by atoms with Crippen LogP contribution in [0.1, 0.15) is 146 Å². The van der Waals surface area contributed by atoms with E-state index in [9.17, 15) is 0 Å². The molecule has 60 heavy (non-hydrogen) atoms. The zero-order valence-corrected chi connectivity index (χ0v) is 41.4. The number of allylic oxidation sites excluding steroid dienone is 1. The van der Waals surface area contributed by atoms with Crippen LogP contribution in [0.5, 0.6) is 0 Å². The third kappa shape index (κ3) is 9.28. The quantitative estimate of drug-likeness (QED) is 0.140. The molecule has 0 atom stereocenters. The maximum atomic E-state index is 8.02. The van der Waals surface area contributed by atoms with Gasteiger partial charge in [-0.1, -0.05) is 65.7 Å². The van der Waals surface area contributed by atoms with E-state index in [0.29, 0.717) is 7.92 Å². The zero-order chi connectivity index (χ0) is 42.0. The Labute approximate surface area is 374 Å². The average molecular weight is 949 g/mol. The predicted octanol–water partition coefficient (Wildman–Crippen LogP) is 15.7. The van der Waals surface area contributed by atoms with Gasteiger partial charge in [-0.2, -0.15) is 0 Å². The monoisotopic (exact) mass is 948 g/mol. The second-order valence-electron chi connectivity index (χ2n) is 18.6. The van der Waals surface area contributed by atoms with Gasteiger partial charge in [-0.25, -0.2) is 0 Å². The third-order valence-electron chi connectivity index (χ3n) is 14.0. The summed E-state index contributed by atoms with van der Waals surface area (Å²) in [6.07, 6.45) is 25.9. The molecule has 1 aliphatic heterocycles. The van der Waals surface area contributed by atoms with E-state index in [1.807, 2.05) is 0 Å². The standard InChI is InChI=1S/C21H26N2.C18H33P.C15H10.2ClH.Ru/c1-14-9-16(3)20(17(4)10-14)22-7-8-23(13-22)21-18(5)11-15(2)12-19(21)6;1-4-10-16(11-5-1)19(17-12-6-2-7-13-17)18-14-8-3-9-15-18;1-2-6-12(7-3-1)15-10-13-8-4-5-9-14(13)11-15;;;/h9-12H,7-8H2,1-6H3;16-18H,1-15H2;1-10H;2*1H;/q;;;;;+2/p-2. The van der Waals surface area contributed by atoms with E-state index in [0.717, 1.165) is 38.3 Å². The van der Waals surface area contributed by atoms with Crippen LogP contribution in [0.15, 0.2) is 78.9 Å². The number of aryl methyl sites for hydroxylation is 6. The van der Waals surface area contributed by atoms with E-state index < -0.39 is 11.9 Å². The van der Waals surface area contributed by atoms with Crippen molar-refractivity contribution < 1.29 is 11.9 Å². The Morgan fingerprint density at radius 1 is 0.517 bits per heavy atom. The molecule has 1 saturated heterocycles. The minimum absolute atomic E-state index is 0.385. The van der Waals surface area contributed by atoms with E-state index in [2.05, 4.69) is 136 Å². The van der Waals surface area contributed by atoms with Crippen molar-refractivity contribution in [1.29, 1.82) is 0 Å². The van der Waals surface area contributed by atoms with Gasteiger partial charge in [0.15, 0.2) is 0 Å². The van der Waals surface area contributed by atoms with Gasteiger partial charge in [0.2, 0.25) is 0 Å². The number of hydrogen-bond acceptors (Lipinski definition) is 2. The van der Waals surface area contributed by atoms with Crippen LogP contribution in [0.2, 0.25) is 0 Å². The molecular weight excluding hydrogens is 880 g/mol. The third-order valence-corrected chi connectivity index (χ3v) is 25.0. The molecule has 3 saturated carbocycles. The van der Waals surface area contributed by atoms with Crippen LogP contribution in [0.25, 0.3) is 11.6 Å². The van der Waals surface area contributed by atoms with Crippen LogP contribution in [0.3, 0.4) is 0 Å². The molecule has 4 aliphatic carbocycles. The van der Waals surface area contributed by atoms with Crippen molar-refractivity contribution in [2.75, 3.05) is 22.9 Å². The Morgan fingerprint density at radius 2 is 0.917 bits per heavy atom. The summed E-state index contributed by atoms with van der Waals surface area (Å²) in [6, 6.07) is 28.2. The molecule has 0 N–H and O–H groups in total. The number of halogens is 2. The Balaban J connectivity index is 0.000000218. The van der Waals surface area contributed by atoms with E-state index >= 15 is 0 Å². The summed E-state index contributed by atoms with van der Waals surface area (Å²) in [6.45, 7) is 14.8. The van der Waals surface area contributed by atoms with Crippen LogP contribution in [-0.2, 0) is 11.9 Å². The second-order valence-corrected chi connectivity index (χ2v) is 30.9. The van der Waals surface area contributed by atoms with Crippen molar-refractivity contribution in [1.82, 2.24) is 0 Å². The molecule has 0 unspecified atom stereocenters. The first-order chi connectivity index (χ1) is 29.0. The van der Waals surface area contributed by atoms with Crippen LogP contribution in [0, 0.1) is 41.5 Å². The minimum atomic E-state index is -3.84. The number of nitrogens with zero attached hydrogens (tertiary/aromatic N) is 2. The van der Waals surface area contributed by atoms with Crippen molar-refractivity contribution in [3.05, 3.63) is 129 Å². The number of fused-ring (bicyclic) bond motifs is 1. The van der Waals surface area contributed by atoms with Crippen molar-refractivity contribution in [3.63, 3.8) is 0 Å². The number of hydrogen-bond donors (Lipinski definition) is 0. The van der Waals surface area contributed by atoms with Crippen LogP contribution in [-0.4, -0.2) is 38.5 Å². The fourth-order valence-electron chi connectivity index (χ4n) is 11.7. The molecule has 2 nitrogen and oxygen atoms in total. The Morgan fingerprint density at radius 3 is 1.35 bits per heavy atom. The molecule has 0 aromatic heterocycles. The van der Waals surface area contributed by atoms with Crippen molar-refractivity contribution in [3.8, 4) is 0 Å². The molecule has 4 aromatic rings. The molecule has 9 rings (SSSR count). The topological polar surface area (TPSA) is 6.48 Å². The summed E-state index contributed by atoms with van der Waals surface area (Å²) in [5, 5.41) is 0. The molecule has 322 valence electrons. The molecular formula is C54H69Cl2N2PRu. The summed E-state index contributed by atoms with van der Waals surface area (Å²) in [5.41, 5.74) is 18.1. The Kier molecular flexibility index (Phi) is 14.4. The van der Waals surface area contributed by atoms with E-state index in [-0.39, 0.29) is 0 Å². The molecule has 5 aliphatic rings. The summed E-state index contributed by atoms with van der Waals surface area (Å²) in [5.74, 6) is 0. The van der Waals surface area contributed by atoms with Gasteiger partial charge in [-0.05, 0) is 55.5 Å². The first kappa shape index (κ1) is 44.2. The molecule has 1 heterocycles. The van der Waals surface area contributed by atoms with Crippen molar-refractivity contribution >= 4 is 58.8 Å². The average Bonchev–Trinajstić information content (AvgIpc) is 3.86. The van der Waals surface area contributed by atoms with Crippen LogP contribution < -0.4 is 9.80 Å². The Bertz CT molecular complexity index is 2160. The first-order valence-corrected chi connectivity index (χ1v) is 31.0. The van der Waals surface area contributed by atoms with Gasteiger partial charge >= 0.3 is 256 Å². The van der Waals surface area contributed by atoms with Gasteiger partial charge in [-0.3, -0.25) is 0 Å². The zero-order valence-electron chi connectivity index (χ0n) is 37.3. The van der Waals surface area contributed by atoms with Gasteiger partial charge in [0.05, 0.1) is 0 Å². The Hall–Kier alpha value is -2.41. The number of anilines is 2. The number of benzene rings is 4. The van der Waals surface area contributed by atoms with Gasteiger partial charge in [0.1, 0.15) is 0 Å². The molecule has 4 fully saturated rings. The fraction of sp³-hybridized carbons (Fsp3) is 0.481. The van der Waals surface area contributed by atoms with E-state index in [4.69, 9.17) is 19.4 Å². The predicted molar refractivity (Wildman–Crippen MR) is 265 cm³/mol. The molecule has 6 heteroatoms. The molecule has 4 aromatic carbocycles. The molecule has 0 spiro atoms. The molecule has 0 bridgehead atoms. The van der Waals surface area contributed by atoms with Gasteiger partial charge in [0, 0.05) is 0 Å². The van der Waals surface area contributed by atoms with Gasteiger partial charge in [-0.15, -0.1) is 0 Å². The summed E-state index contributed by atoms with van der Waals surface area (Å²) in [4.78, 5) is 4.90. The van der Waals surface area contributed by atoms with Crippen LogP contribution >= 0.6 is 27.3 Å². The van der Waals surface area contributed by atoms with Crippen molar-refractivity contribution in [2.45, 2.75) is 155 Å². The summed E-state index contributed by atoms with van der Waals surface area (Å²) >= 11 is -3.84. The van der Waals surface area contributed by atoms with E-state index in [1.54, 1.807) is 77.0 Å². The number of rotatable bonds is 6. The summed E-state index contributed by atoms with van der Waals surface area (Å²) in [7, 11) is 16.4. The first-order valence-electron chi connectivity index (χ1n) is 23.2. The fourth-order valence-corrected chi connectivity index (χ4v) is 24.1. The van der Waals surface area contributed by atoms with Crippen LogP contribution in [0.4, 0.5) is 11.4 Å². The van der Waals surface area contributed by atoms with E-state index in [1.165, 1.54) is 86.6 Å².